The second-order valence-electron chi connectivity index (χ2n) is 15.2. The molecule has 0 saturated heterocycles. The molecule has 0 heterocycles. The van der Waals surface area contributed by atoms with Crippen molar-refractivity contribution in [1.82, 2.24) is 0 Å². The van der Waals surface area contributed by atoms with Gasteiger partial charge in [0.15, 0.2) is 6.10 Å². The van der Waals surface area contributed by atoms with E-state index in [9.17, 15) is 19.5 Å². The first-order chi connectivity index (χ1) is 27.1. The number of nitrogens with zero attached hydrogens (tertiary/aromatic N) is 1. The van der Waals surface area contributed by atoms with E-state index in [0.717, 1.165) is 103 Å². The molecule has 0 aromatic rings. The van der Waals surface area contributed by atoms with Gasteiger partial charge in [-0.2, -0.15) is 0 Å². The Labute approximate surface area is 342 Å². The molecule has 0 bridgehead atoms. The van der Waals surface area contributed by atoms with Gasteiger partial charge in [-0.3, -0.25) is 9.59 Å². The maximum absolute atomic E-state index is 12.7. The van der Waals surface area contributed by atoms with Gasteiger partial charge in [0.25, 0.3) is 0 Å². The van der Waals surface area contributed by atoms with Crippen molar-refractivity contribution >= 4 is 17.9 Å². The fourth-order valence-electron chi connectivity index (χ4n) is 5.72. The van der Waals surface area contributed by atoms with Gasteiger partial charge in [0.05, 0.1) is 40.3 Å². The number of allylic oxidation sites excluding steroid dienone is 14. The highest BCUT2D eigenvalue weighted by molar-refractivity contribution is 5.70. The van der Waals surface area contributed by atoms with Gasteiger partial charge in [0, 0.05) is 19.3 Å². The van der Waals surface area contributed by atoms with E-state index in [1.54, 1.807) is 21.1 Å². The van der Waals surface area contributed by atoms with Crippen LogP contribution in [0.3, 0.4) is 0 Å². The number of likely N-dealkylation sites (N-methyl/N-ethyl adjacent to an activating group) is 1. The largest absolute Gasteiger partial charge is 0.544 e. The van der Waals surface area contributed by atoms with E-state index in [-0.39, 0.29) is 42.7 Å². The van der Waals surface area contributed by atoms with Crippen LogP contribution in [0.2, 0.25) is 0 Å². The molecule has 0 fully saturated rings. The first-order valence-corrected chi connectivity index (χ1v) is 21.6. The highest BCUT2D eigenvalue weighted by Gasteiger charge is 2.25. The summed E-state index contributed by atoms with van der Waals surface area (Å²) in [4.78, 5) is 36.8. The quantitative estimate of drug-likeness (QED) is 0.0268. The fourth-order valence-corrected chi connectivity index (χ4v) is 5.72. The zero-order valence-corrected chi connectivity index (χ0v) is 36.0. The normalized spacial score (nSPS) is 13.8. The lowest BCUT2D eigenvalue weighted by Crippen LogP contribution is -2.55. The molecule has 0 aliphatic carbocycles. The Hall–Kier alpha value is -3.49. The molecule has 8 nitrogen and oxygen atoms in total. The van der Waals surface area contributed by atoms with Crippen LogP contribution in [0.15, 0.2) is 85.1 Å². The molecule has 0 N–H and O–H groups in total. The van der Waals surface area contributed by atoms with Crippen molar-refractivity contribution < 1.29 is 38.2 Å². The van der Waals surface area contributed by atoms with Crippen LogP contribution in [0.5, 0.6) is 0 Å². The minimum absolute atomic E-state index is 0.0197. The van der Waals surface area contributed by atoms with Gasteiger partial charge in [-0.25, -0.2) is 0 Å². The second kappa shape index (κ2) is 38.4. The molecule has 0 aliphatic heterocycles. The first kappa shape index (κ1) is 52.5. The van der Waals surface area contributed by atoms with Crippen molar-refractivity contribution in [3.05, 3.63) is 85.1 Å². The highest BCUT2D eigenvalue weighted by atomic mass is 16.6. The molecule has 2 unspecified atom stereocenters. The van der Waals surface area contributed by atoms with E-state index < -0.39 is 18.1 Å². The standard InChI is InChI=1S/C48H79NO7/c1-6-8-10-12-14-16-18-20-22-24-26-28-30-32-34-36-38-46(50)55-43-44(42-54-41-40-45(48(52)53)49(3,4)5)56-47(51)39-37-35-33-31-29-27-25-23-21-19-17-15-13-11-9-7-2/h8-11,14-17,20-23,26,28,44-45H,6-7,12-13,18-19,24-25,27,29-43H2,1-5H3/b10-8+,11-9+,16-14+,17-15+,22-20+,23-21+,28-26+. The lowest BCUT2D eigenvalue weighted by Gasteiger charge is -2.34. The van der Waals surface area contributed by atoms with Crippen molar-refractivity contribution in [3.63, 3.8) is 0 Å². The number of carbonyl (C=O) groups excluding carboxylic acids is 3. The zero-order valence-electron chi connectivity index (χ0n) is 36.0. The van der Waals surface area contributed by atoms with Crippen LogP contribution in [0.1, 0.15) is 149 Å². The summed E-state index contributed by atoms with van der Waals surface area (Å²) in [5.41, 5.74) is 0. The van der Waals surface area contributed by atoms with E-state index in [0.29, 0.717) is 12.8 Å². The number of ether oxygens (including phenoxy) is 3. The summed E-state index contributed by atoms with van der Waals surface area (Å²) < 4.78 is 17.1. The number of quaternary nitrogens is 1. The molecule has 0 radical (unpaired) electrons. The lowest BCUT2D eigenvalue weighted by atomic mass is 10.1. The summed E-state index contributed by atoms with van der Waals surface area (Å²) in [5, 5.41) is 11.6. The van der Waals surface area contributed by atoms with Crippen molar-refractivity contribution in [2.45, 2.75) is 161 Å². The van der Waals surface area contributed by atoms with Crippen LogP contribution in [0, 0.1) is 0 Å². The molecule has 0 saturated carbocycles. The van der Waals surface area contributed by atoms with Crippen LogP contribution in [0.4, 0.5) is 0 Å². The van der Waals surface area contributed by atoms with Crippen LogP contribution < -0.4 is 5.11 Å². The summed E-state index contributed by atoms with van der Waals surface area (Å²) in [7, 11) is 5.38. The molecule has 0 aromatic heterocycles. The van der Waals surface area contributed by atoms with Gasteiger partial charge < -0.3 is 28.6 Å². The molecule has 56 heavy (non-hydrogen) atoms. The third-order valence-corrected chi connectivity index (χ3v) is 9.03. The maximum atomic E-state index is 12.7. The number of carboxylic acids is 1. The molecule has 8 heteroatoms. The summed E-state index contributed by atoms with van der Waals surface area (Å²) in [6, 6.07) is -0.737. The van der Waals surface area contributed by atoms with Crippen LogP contribution in [-0.2, 0) is 28.6 Å². The minimum atomic E-state index is -1.14. The number of aliphatic carboxylic acids is 1. The summed E-state index contributed by atoms with van der Waals surface area (Å²) in [6.07, 6.45) is 48.9. The van der Waals surface area contributed by atoms with Gasteiger partial charge in [-0.15, -0.1) is 0 Å². The average molecular weight is 782 g/mol. The zero-order chi connectivity index (χ0) is 41.4. The Kier molecular flexibility index (Phi) is 36.0. The molecule has 0 amide bonds. The van der Waals surface area contributed by atoms with Gasteiger partial charge in [-0.05, 0) is 83.5 Å². The second-order valence-corrected chi connectivity index (χ2v) is 15.2. The number of hydrogen-bond acceptors (Lipinski definition) is 7. The molecule has 0 aliphatic rings. The van der Waals surface area contributed by atoms with Crippen molar-refractivity contribution in [3.8, 4) is 0 Å². The van der Waals surface area contributed by atoms with Crippen LogP contribution in [-0.4, -0.2) is 75.5 Å². The molecule has 0 aromatic carbocycles. The number of unbranched alkanes of at least 4 members (excludes halogenated alkanes) is 9. The van der Waals surface area contributed by atoms with E-state index in [2.05, 4.69) is 98.9 Å². The molecule has 0 spiro atoms. The summed E-state index contributed by atoms with van der Waals surface area (Å²) in [6.45, 7) is 4.37. The third kappa shape index (κ3) is 36.2. The Morgan fingerprint density at radius 2 is 0.946 bits per heavy atom. The monoisotopic (exact) mass is 782 g/mol. The number of hydrogen-bond donors (Lipinski definition) is 0. The fraction of sp³-hybridized carbons (Fsp3) is 0.646. The first-order valence-electron chi connectivity index (χ1n) is 21.6. The number of rotatable bonds is 37. The Balaban J connectivity index is 4.45. The Morgan fingerprint density at radius 3 is 1.41 bits per heavy atom. The SMILES string of the molecule is CC/C=C/C/C=C/C/C=C/C/C=C/CCCCCC(=O)OCC(COCCC(C(=O)[O-])[N+](C)(C)C)OC(=O)CCCCCCCC/C=C/C/C=C/C/C=C/CC. The molecule has 0 rings (SSSR count). The number of esters is 2. The van der Waals surface area contributed by atoms with E-state index >= 15 is 0 Å². The predicted octanol–water partition coefficient (Wildman–Crippen LogP) is 10.4. The van der Waals surface area contributed by atoms with Crippen LogP contribution >= 0.6 is 0 Å². The molecular weight excluding hydrogens is 703 g/mol. The van der Waals surface area contributed by atoms with Gasteiger partial charge in [-0.1, -0.05) is 131 Å². The predicted molar refractivity (Wildman–Crippen MR) is 231 cm³/mol. The average Bonchev–Trinajstić information content (AvgIpc) is 3.15. The van der Waals surface area contributed by atoms with Crippen molar-refractivity contribution in [1.29, 1.82) is 0 Å². The van der Waals surface area contributed by atoms with E-state index in [1.165, 1.54) is 12.8 Å². The molecule has 318 valence electrons. The van der Waals surface area contributed by atoms with Crippen molar-refractivity contribution in [2.75, 3.05) is 41.0 Å². The summed E-state index contributed by atoms with van der Waals surface area (Å²) >= 11 is 0. The third-order valence-electron chi connectivity index (χ3n) is 9.03. The van der Waals surface area contributed by atoms with E-state index in [4.69, 9.17) is 14.2 Å². The molecule has 2 atom stereocenters. The van der Waals surface area contributed by atoms with E-state index in [1.807, 2.05) is 0 Å². The smallest absolute Gasteiger partial charge is 0.306 e. The lowest BCUT2D eigenvalue weighted by molar-refractivity contribution is -0.889. The Morgan fingerprint density at radius 1 is 0.536 bits per heavy atom. The number of carbonyl (C=O) groups is 3. The topological polar surface area (TPSA) is 102 Å². The Bertz CT molecular complexity index is 1190. The minimum Gasteiger partial charge on any atom is -0.544 e. The number of carboxylic acid groups (broad SMARTS) is 1. The van der Waals surface area contributed by atoms with Gasteiger partial charge in [0.2, 0.25) is 0 Å². The molecular formula is C48H79NO7. The van der Waals surface area contributed by atoms with Gasteiger partial charge in [0.1, 0.15) is 12.6 Å². The van der Waals surface area contributed by atoms with Crippen LogP contribution in [0.25, 0.3) is 0 Å². The van der Waals surface area contributed by atoms with Gasteiger partial charge >= 0.3 is 11.9 Å². The summed E-state index contributed by atoms with van der Waals surface area (Å²) in [5.74, 6) is -1.81. The maximum Gasteiger partial charge on any atom is 0.306 e. The highest BCUT2D eigenvalue weighted by Crippen LogP contribution is 2.12. The van der Waals surface area contributed by atoms with Crippen molar-refractivity contribution in [2.24, 2.45) is 0 Å².